The number of likely N-dealkylation sites (N-methyl/N-ethyl adjacent to an activating group) is 1. The van der Waals surface area contributed by atoms with Gasteiger partial charge in [0.25, 0.3) is 5.91 Å². The van der Waals surface area contributed by atoms with Gasteiger partial charge in [0.2, 0.25) is 11.8 Å². The molecule has 0 aromatic heterocycles. The van der Waals surface area contributed by atoms with Crippen molar-refractivity contribution >= 4 is 23.4 Å². The number of carbonyl (C=O) groups excluding carboxylic acids is 3. The van der Waals surface area contributed by atoms with Gasteiger partial charge in [-0.05, 0) is 45.9 Å². The van der Waals surface area contributed by atoms with Crippen LogP contribution in [0.1, 0.15) is 43.5 Å². The average molecular weight is 360 g/mol. The van der Waals surface area contributed by atoms with Crippen molar-refractivity contribution < 1.29 is 14.4 Å². The molecule has 26 heavy (non-hydrogen) atoms. The van der Waals surface area contributed by atoms with Crippen molar-refractivity contribution in [2.24, 2.45) is 0 Å². The van der Waals surface area contributed by atoms with Crippen molar-refractivity contribution in [2.75, 3.05) is 25.5 Å². The van der Waals surface area contributed by atoms with Gasteiger partial charge < -0.3 is 16.0 Å². The summed E-state index contributed by atoms with van der Waals surface area (Å²) >= 11 is 0. The summed E-state index contributed by atoms with van der Waals surface area (Å²) in [6.45, 7) is 4.50. The Morgan fingerprint density at radius 2 is 1.85 bits per heavy atom. The Balaban J connectivity index is 1.82. The first kappa shape index (κ1) is 19.9. The van der Waals surface area contributed by atoms with Gasteiger partial charge in [-0.2, -0.15) is 0 Å². The number of hydrogen-bond acceptors (Lipinski definition) is 4. The molecule has 3 amide bonds. The first-order valence-corrected chi connectivity index (χ1v) is 9.03. The molecule has 0 bridgehead atoms. The second-order valence-electron chi connectivity index (χ2n) is 7.05. The maximum absolute atomic E-state index is 12.3. The summed E-state index contributed by atoms with van der Waals surface area (Å²) in [5, 5.41) is 8.54. The SMILES string of the molecule is CC(C)NC(=O)CN(C)CCC(=O)Nc1ccccc1C(=O)NC1CC1. The second kappa shape index (κ2) is 9.33. The van der Waals surface area contributed by atoms with Crippen molar-refractivity contribution in [1.29, 1.82) is 0 Å². The fourth-order valence-corrected chi connectivity index (χ4v) is 2.48. The molecule has 0 atom stereocenters. The van der Waals surface area contributed by atoms with Gasteiger partial charge in [0.15, 0.2) is 0 Å². The summed E-state index contributed by atoms with van der Waals surface area (Å²) in [7, 11) is 1.80. The van der Waals surface area contributed by atoms with Crippen molar-refractivity contribution in [3.63, 3.8) is 0 Å². The Labute approximate surface area is 154 Å². The Morgan fingerprint density at radius 3 is 2.50 bits per heavy atom. The van der Waals surface area contributed by atoms with Crippen LogP contribution in [0.4, 0.5) is 5.69 Å². The van der Waals surface area contributed by atoms with Gasteiger partial charge in [0.05, 0.1) is 17.8 Å². The maximum Gasteiger partial charge on any atom is 0.253 e. The van der Waals surface area contributed by atoms with E-state index in [-0.39, 0.29) is 42.8 Å². The molecule has 7 nitrogen and oxygen atoms in total. The van der Waals surface area contributed by atoms with Crippen molar-refractivity contribution in [3.05, 3.63) is 29.8 Å². The molecule has 1 aliphatic carbocycles. The van der Waals surface area contributed by atoms with Crippen LogP contribution in [-0.2, 0) is 9.59 Å². The summed E-state index contributed by atoms with van der Waals surface area (Å²) in [6.07, 6.45) is 2.26. The van der Waals surface area contributed by atoms with Crippen molar-refractivity contribution in [1.82, 2.24) is 15.5 Å². The molecule has 2 rings (SSSR count). The summed E-state index contributed by atoms with van der Waals surface area (Å²) in [4.78, 5) is 38.0. The minimum Gasteiger partial charge on any atom is -0.353 e. The third kappa shape index (κ3) is 6.84. The van der Waals surface area contributed by atoms with Crippen LogP contribution in [0.25, 0.3) is 0 Å². The zero-order valence-electron chi connectivity index (χ0n) is 15.7. The minimum atomic E-state index is -0.187. The molecule has 3 N–H and O–H groups in total. The largest absolute Gasteiger partial charge is 0.353 e. The summed E-state index contributed by atoms with van der Waals surface area (Å²) in [5.74, 6) is -0.413. The minimum absolute atomic E-state index is 0.0648. The van der Waals surface area contributed by atoms with E-state index in [1.807, 2.05) is 13.8 Å². The lowest BCUT2D eigenvalue weighted by Gasteiger charge is -2.17. The molecular weight excluding hydrogens is 332 g/mol. The molecule has 1 saturated carbocycles. The van der Waals surface area contributed by atoms with Crippen LogP contribution in [0, 0.1) is 0 Å². The van der Waals surface area contributed by atoms with E-state index in [1.165, 1.54) is 0 Å². The van der Waals surface area contributed by atoms with Crippen molar-refractivity contribution in [3.8, 4) is 0 Å². The van der Waals surface area contributed by atoms with Gasteiger partial charge in [-0.15, -0.1) is 0 Å². The van der Waals surface area contributed by atoms with Crippen LogP contribution in [0.15, 0.2) is 24.3 Å². The molecule has 1 aliphatic rings. The number of hydrogen-bond donors (Lipinski definition) is 3. The number of nitrogens with one attached hydrogen (secondary N) is 3. The lowest BCUT2D eigenvalue weighted by Crippen LogP contribution is -2.39. The number of carbonyl (C=O) groups is 3. The molecule has 7 heteroatoms. The number of para-hydroxylation sites is 1. The molecule has 0 aliphatic heterocycles. The van der Waals surface area contributed by atoms with Gasteiger partial charge in [-0.1, -0.05) is 12.1 Å². The van der Waals surface area contributed by atoms with Gasteiger partial charge >= 0.3 is 0 Å². The van der Waals surface area contributed by atoms with Crippen LogP contribution in [0.5, 0.6) is 0 Å². The smallest absolute Gasteiger partial charge is 0.253 e. The Kier molecular flexibility index (Phi) is 7.15. The Hall–Kier alpha value is -2.41. The van der Waals surface area contributed by atoms with Crippen LogP contribution < -0.4 is 16.0 Å². The maximum atomic E-state index is 12.3. The summed E-state index contributed by atoms with van der Waals surface area (Å²) in [5.41, 5.74) is 0.980. The summed E-state index contributed by atoms with van der Waals surface area (Å²) < 4.78 is 0. The highest BCUT2D eigenvalue weighted by Crippen LogP contribution is 2.21. The van der Waals surface area contributed by atoms with E-state index in [1.54, 1.807) is 36.2 Å². The molecule has 1 aromatic rings. The van der Waals surface area contributed by atoms with E-state index in [2.05, 4.69) is 16.0 Å². The molecule has 1 aromatic carbocycles. The third-order valence-corrected chi connectivity index (χ3v) is 3.94. The van der Waals surface area contributed by atoms with Gasteiger partial charge in [-0.25, -0.2) is 0 Å². The van der Waals surface area contributed by atoms with E-state index >= 15 is 0 Å². The second-order valence-corrected chi connectivity index (χ2v) is 7.05. The van der Waals surface area contributed by atoms with Crippen LogP contribution >= 0.6 is 0 Å². The topological polar surface area (TPSA) is 90.5 Å². The molecule has 1 fully saturated rings. The molecule has 0 radical (unpaired) electrons. The van der Waals surface area contributed by atoms with Crippen LogP contribution in [0.3, 0.4) is 0 Å². The van der Waals surface area contributed by atoms with Gasteiger partial charge in [-0.3, -0.25) is 19.3 Å². The Morgan fingerprint density at radius 1 is 1.15 bits per heavy atom. The van der Waals surface area contributed by atoms with E-state index < -0.39 is 0 Å². The molecule has 142 valence electrons. The highest BCUT2D eigenvalue weighted by Gasteiger charge is 2.25. The number of anilines is 1. The first-order chi connectivity index (χ1) is 12.3. The van der Waals surface area contributed by atoms with Crippen LogP contribution in [-0.4, -0.2) is 54.8 Å². The predicted molar refractivity (Wildman–Crippen MR) is 101 cm³/mol. The highest BCUT2D eigenvalue weighted by atomic mass is 16.2. The molecular formula is C19H28N4O3. The van der Waals surface area contributed by atoms with Gasteiger partial charge in [0.1, 0.15) is 0 Å². The zero-order valence-corrected chi connectivity index (χ0v) is 15.7. The zero-order chi connectivity index (χ0) is 19.1. The normalized spacial score (nSPS) is 13.6. The van der Waals surface area contributed by atoms with Crippen LogP contribution in [0.2, 0.25) is 0 Å². The lowest BCUT2D eigenvalue weighted by atomic mass is 10.1. The molecule has 0 heterocycles. The number of benzene rings is 1. The van der Waals surface area contributed by atoms with E-state index in [4.69, 9.17) is 0 Å². The summed E-state index contributed by atoms with van der Waals surface area (Å²) in [6, 6.07) is 7.34. The molecule has 0 unspecified atom stereocenters. The molecule has 0 spiro atoms. The standard InChI is InChI=1S/C19H28N4O3/c1-13(2)20-18(25)12-23(3)11-10-17(24)22-16-7-5-4-6-15(16)19(26)21-14-8-9-14/h4-7,13-14H,8-12H2,1-3H3,(H,20,25)(H,21,26)(H,22,24). The number of nitrogens with zero attached hydrogens (tertiary/aromatic N) is 1. The fraction of sp³-hybridized carbons (Fsp3) is 0.526. The Bertz CT molecular complexity index is 656. The fourth-order valence-electron chi connectivity index (χ4n) is 2.48. The monoisotopic (exact) mass is 360 g/mol. The molecule has 0 saturated heterocycles. The van der Waals surface area contributed by atoms with E-state index in [0.29, 0.717) is 17.8 Å². The van der Waals surface area contributed by atoms with E-state index in [9.17, 15) is 14.4 Å². The quantitative estimate of drug-likeness (QED) is 0.620. The number of amides is 3. The van der Waals surface area contributed by atoms with Gasteiger partial charge in [0, 0.05) is 25.0 Å². The third-order valence-electron chi connectivity index (χ3n) is 3.94. The highest BCUT2D eigenvalue weighted by molar-refractivity contribution is 6.03. The van der Waals surface area contributed by atoms with E-state index in [0.717, 1.165) is 12.8 Å². The van der Waals surface area contributed by atoms with Crippen molar-refractivity contribution in [2.45, 2.75) is 45.2 Å². The average Bonchev–Trinajstić information content (AvgIpc) is 3.36. The lowest BCUT2D eigenvalue weighted by molar-refractivity contribution is -0.123. The first-order valence-electron chi connectivity index (χ1n) is 9.03. The number of rotatable bonds is 9. The predicted octanol–water partition coefficient (Wildman–Crippen LogP) is 1.36.